The Kier molecular flexibility index (Phi) is 4.37. The monoisotopic (exact) mass is 236 g/mol. The molecular weight excluding hydrogens is 216 g/mol. The summed E-state index contributed by atoms with van der Waals surface area (Å²) in [6, 6.07) is 3.66. The van der Waals surface area contributed by atoms with Gasteiger partial charge in [0.05, 0.1) is 6.10 Å². The van der Waals surface area contributed by atoms with Gasteiger partial charge in [-0.25, -0.2) is 0 Å². The molecule has 0 saturated carbocycles. The highest BCUT2D eigenvalue weighted by molar-refractivity contribution is 5.93. The predicted octanol–water partition coefficient (Wildman–Crippen LogP) is 3.37. The molecule has 3 nitrogen and oxygen atoms in total. The van der Waals surface area contributed by atoms with Crippen molar-refractivity contribution in [2.75, 3.05) is 6.61 Å². The van der Waals surface area contributed by atoms with E-state index in [0.29, 0.717) is 12.2 Å². The van der Waals surface area contributed by atoms with Gasteiger partial charge in [-0.05, 0) is 37.8 Å². The highest BCUT2D eigenvalue weighted by Gasteiger charge is 2.17. The highest BCUT2D eigenvalue weighted by Crippen LogP contribution is 2.19. The van der Waals surface area contributed by atoms with Crippen molar-refractivity contribution < 1.29 is 13.9 Å². The fourth-order valence-corrected chi connectivity index (χ4v) is 2.17. The van der Waals surface area contributed by atoms with Crippen LogP contribution in [0.2, 0.25) is 0 Å². The molecule has 1 unspecified atom stereocenters. The van der Waals surface area contributed by atoms with E-state index in [-0.39, 0.29) is 11.9 Å². The Balaban J connectivity index is 1.80. The first-order valence-corrected chi connectivity index (χ1v) is 6.53. The van der Waals surface area contributed by atoms with E-state index in [1.807, 2.05) is 13.0 Å². The molecule has 2 rings (SSSR count). The summed E-state index contributed by atoms with van der Waals surface area (Å²) in [5.74, 6) is 1.47. The molecule has 94 valence electrons. The lowest BCUT2D eigenvalue weighted by atomic mass is 10.0. The number of hydrogen-bond donors (Lipinski definition) is 0. The molecule has 1 aromatic rings. The quantitative estimate of drug-likeness (QED) is 0.736. The predicted molar refractivity (Wildman–Crippen MR) is 65.2 cm³/mol. The summed E-state index contributed by atoms with van der Waals surface area (Å²) < 4.78 is 11.1. The normalized spacial score (nSPS) is 20.4. The highest BCUT2D eigenvalue weighted by atomic mass is 16.5. The molecule has 0 radical (unpaired) electrons. The largest absolute Gasteiger partial charge is 0.458 e. The van der Waals surface area contributed by atoms with Crippen molar-refractivity contribution in [1.29, 1.82) is 0 Å². The van der Waals surface area contributed by atoms with E-state index < -0.39 is 0 Å². The number of carbonyl (C=O) groups is 1. The molecule has 2 heterocycles. The first-order chi connectivity index (χ1) is 8.29. The van der Waals surface area contributed by atoms with Gasteiger partial charge in [0.25, 0.3) is 0 Å². The fraction of sp³-hybridized carbons (Fsp3) is 0.643. The van der Waals surface area contributed by atoms with E-state index in [2.05, 4.69) is 0 Å². The average molecular weight is 236 g/mol. The summed E-state index contributed by atoms with van der Waals surface area (Å²) in [7, 11) is 0. The fourth-order valence-electron chi connectivity index (χ4n) is 2.17. The molecular formula is C14H20O3. The molecule has 0 aliphatic carbocycles. The third-order valence-corrected chi connectivity index (χ3v) is 3.25. The Morgan fingerprint density at radius 1 is 1.41 bits per heavy atom. The van der Waals surface area contributed by atoms with Gasteiger partial charge in [-0.2, -0.15) is 0 Å². The molecule has 1 fully saturated rings. The van der Waals surface area contributed by atoms with E-state index in [9.17, 15) is 4.79 Å². The zero-order chi connectivity index (χ0) is 12.1. The van der Waals surface area contributed by atoms with E-state index in [1.165, 1.54) is 6.42 Å². The number of ketones is 1. The van der Waals surface area contributed by atoms with E-state index in [1.54, 1.807) is 6.07 Å². The van der Waals surface area contributed by atoms with Crippen molar-refractivity contribution in [3.63, 3.8) is 0 Å². The van der Waals surface area contributed by atoms with Crippen LogP contribution in [-0.4, -0.2) is 18.5 Å². The van der Waals surface area contributed by atoms with Gasteiger partial charge in [-0.3, -0.25) is 4.79 Å². The summed E-state index contributed by atoms with van der Waals surface area (Å²) >= 11 is 0. The van der Waals surface area contributed by atoms with Crippen molar-refractivity contribution in [3.05, 3.63) is 23.7 Å². The molecule has 0 spiro atoms. The van der Waals surface area contributed by atoms with Gasteiger partial charge in [0.15, 0.2) is 11.5 Å². The lowest BCUT2D eigenvalue weighted by Gasteiger charge is -2.21. The van der Waals surface area contributed by atoms with Gasteiger partial charge >= 0.3 is 0 Å². The third kappa shape index (κ3) is 3.43. The molecule has 0 aromatic carbocycles. The molecule has 1 aromatic heterocycles. The number of Topliss-reactive ketones (excluding diaryl/α,β-unsaturated/α-hetero) is 1. The maximum atomic E-state index is 11.9. The van der Waals surface area contributed by atoms with Gasteiger partial charge in [-0.15, -0.1) is 0 Å². The minimum absolute atomic E-state index is 0.0962. The van der Waals surface area contributed by atoms with Gasteiger partial charge in [0, 0.05) is 19.4 Å². The van der Waals surface area contributed by atoms with Gasteiger partial charge in [0.1, 0.15) is 5.76 Å². The Bertz CT molecular complexity index is 361. The Morgan fingerprint density at radius 2 is 2.29 bits per heavy atom. The maximum absolute atomic E-state index is 11.9. The van der Waals surface area contributed by atoms with Crippen LogP contribution in [0.3, 0.4) is 0 Å². The second-order valence-electron chi connectivity index (χ2n) is 4.57. The Hall–Kier alpha value is -1.09. The number of furan rings is 1. The minimum Gasteiger partial charge on any atom is -0.458 e. The van der Waals surface area contributed by atoms with Crippen LogP contribution in [0.4, 0.5) is 0 Å². The summed E-state index contributed by atoms with van der Waals surface area (Å²) in [4.78, 5) is 11.9. The lowest BCUT2D eigenvalue weighted by Crippen LogP contribution is -2.19. The Labute approximate surface area is 102 Å². The first kappa shape index (κ1) is 12.4. The van der Waals surface area contributed by atoms with Crippen LogP contribution in [0.5, 0.6) is 0 Å². The SMILES string of the molecule is CCc1ccc(C(=O)CCC2CCCCO2)o1. The van der Waals surface area contributed by atoms with Crippen LogP contribution in [0.15, 0.2) is 16.5 Å². The third-order valence-electron chi connectivity index (χ3n) is 3.25. The molecule has 1 aliphatic heterocycles. The van der Waals surface area contributed by atoms with Gasteiger partial charge in [0.2, 0.25) is 0 Å². The molecule has 1 saturated heterocycles. The number of aryl methyl sites for hydroxylation is 1. The molecule has 1 aliphatic rings. The van der Waals surface area contributed by atoms with E-state index in [0.717, 1.165) is 38.1 Å². The zero-order valence-corrected chi connectivity index (χ0v) is 10.4. The molecule has 0 bridgehead atoms. The summed E-state index contributed by atoms with van der Waals surface area (Å²) in [5, 5.41) is 0. The van der Waals surface area contributed by atoms with Crippen LogP contribution in [0.1, 0.15) is 55.3 Å². The maximum Gasteiger partial charge on any atom is 0.198 e. The molecule has 0 amide bonds. The minimum atomic E-state index is 0.0962. The second-order valence-corrected chi connectivity index (χ2v) is 4.57. The molecule has 17 heavy (non-hydrogen) atoms. The standard InChI is InChI=1S/C14H20O3/c1-2-11-7-9-14(17-11)13(15)8-6-12-5-3-4-10-16-12/h7,9,12H,2-6,8,10H2,1H3. The first-order valence-electron chi connectivity index (χ1n) is 6.53. The Morgan fingerprint density at radius 3 is 2.94 bits per heavy atom. The second kappa shape index (κ2) is 6.01. The van der Waals surface area contributed by atoms with Crippen molar-refractivity contribution >= 4 is 5.78 Å². The number of hydrogen-bond acceptors (Lipinski definition) is 3. The summed E-state index contributed by atoms with van der Waals surface area (Å²) in [6.45, 7) is 2.86. The number of rotatable bonds is 5. The zero-order valence-electron chi connectivity index (χ0n) is 10.4. The molecule has 1 atom stereocenters. The van der Waals surface area contributed by atoms with Gasteiger partial charge < -0.3 is 9.15 Å². The average Bonchev–Trinajstić information content (AvgIpc) is 2.86. The molecule has 0 N–H and O–H groups in total. The van der Waals surface area contributed by atoms with E-state index in [4.69, 9.17) is 9.15 Å². The lowest BCUT2D eigenvalue weighted by molar-refractivity contribution is 0.0103. The number of carbonyl (C=O) groups excluding carboxylic acids is 1. The van der Waals surface area contributed by atoms with E-state index >= 15 is 0 Å². The number of ether oxygens (including phenoxy) is 1. The van der Waals surface area contributed by atoms with Crippen molar-refractivity contribution in [2.24, 2.45) is 0 Å². The van der Waals surface area contributed by atoms with Crippen LogP contribution in [-0.2, 0) is 11.2 Å². The summed E-state index contributed by atoms with van der Waals surface area (Å²) in [5.41, 5.74) is 0. The van der Waals surface area contributed by atoms with Crippen molar-refractivity contribution in [1.82, 2.24) is 0 Å². The van der Waals surface area contributed by atoms with Gasteiger partial charge in [-0.1, -0.05) is 6.92 Å². The van der Waals surface area contributed by atoms with Crippen molar-refractivity contribution in [3.8, 4) is 0 Å². The molecule has 3 heteroatoms. The summed E-state index contributed by atoms with van der Waals surface area (Å²) in [6.07, 6.45) is 5.92. The van der Waals surface area contributed by atoms with Crippen LogP contribution in [0, 0.1) is 0 Å². The van der Waals surface area contributed by atoms with Crippen molar-refractivity contribution in [2.45, 2.75) is 51.6 Å². The van der Waals surface area contributed by atoms with Crippen LogP contribution < -0.4 is 0 Å². The smallest absolute Gasteiger partial charge is 0.198 e. The van der Waals surface area contributed by atoms with Crippen LogP contribution in [0.25, 0.3) is 0 Å². The van der Waals surface area contributed by atoms with Crippen LogP contribution >= 0.6 is 0 Å². The topological polar surface area (TPSA) is 39.4 Å².